The molecule has 2 aromatic rings. The van der Waals surface area contributed by atoms with Crippen molar-refractivity contribution < 1.29 is 9.18 Å². The Morgan fingerprint density at radius 2 is 1.89 bits per heavy atom. The van der Waals surface area contributed by atoms with Crippen LogP contribution in [-0.2, 0) is 4.79 Å². The zero-order valence-corrected chi connectivity index (χ0v) is 16.8. The number of carbonyl (C=O) groups is 1. The number of fused-ring (bicyclic) bond motifs is 5. The fourth-order valence-corrected chi connectivity index (χ4v) is 5.11. The second kappa shape index (κ2) is 6.07. The Morgan fingerprint density at radius 3 is 2.57 bits per heavy atom. The maximum absolute atomic E-state index is 13.6. The average Bonchev–Trinajstić information content (AvgIpc) is 3.07. The van der Waals surface area contributed by atoms with Gasteiger partial charge in [-0.25, -0.2) is 4.39 Å². The molecule has 3 nitrogen and oxygen atoms in total. The standard InChI is InChI=1S/C24H27FN2O/c1-14-8-18(9-15(2)23(14)26-22(28)12-24(3)6-7-24)27-13-16-10-21(27)19-5-4-17(25)11-20(16)19/h4-5,8-9,11,16,21H,6-7,10,12-13H2,1-3H3,(H,26,28). The minimum atomic E-state index is -0.135. The van der Waals surface area contributed by atoms with E-state index >= 15 is 0 Å². The van der Waals surface area contributed by atoms with Gasteiger partial charge in [-0.15, -0.1) is 0 Å². The van der Waals surface area contributed by atoms with Gasteiger partial charge < -0.3 is 10.2 Å². The molecule has 2 atom stereocenters. The van der Waals surface area contributed by atoms with Crippen LogP contribution in [0.4, 0.5) is 15.8 Å². The zero-order valence-electron chi connectivity index (χ0n) is 16.8. The van der Waals surface area contributed by atoms with E-state index in [4.69, 9.17) is 0 Å². The van der Waals surface area contributed by atoms with Crippen molar-refractivity contribution >= 4 is 17.3 Å². The van der Waals surface area contributed by atoms with Crippen molar-refractivity contribution in [3.8, 4) is 0 Å². The number of hydrogen-bond acceptors (Lipinski definition) is 2. The summed E-state index contributed by atoms with van der Waals surface area (Å²) in [6.07, 6.45) is 3.98. The van der Waals surface area contributed by atoms with Crippen molar-refractivity contribution in [3.05, 3.63) is 58.4 Å². The van der Waals surface area contributed by atoms with Crippen molar-refractivity contribution in [2.75, 3.05) is 16.8 Å². The molecule has 1 saturated carbocycles. The van der Waals surface area contributed by atoms with Crippen LogP contribution in [0.2, 0.25) is 0 Å². The van der Waals surface area contributed by atoms with Gasteiger partial charge in [0.25, 0.3) is 0 Å². The number of amides is 1. The maximum Gasteiger partial charge on any atom is 0.224 e. The second-order valence-electron chi connectivity index (χ2n) is 9.36. The lowest BCUT2D eigenvalue weighted by molar-refractivity contribution is -0.117. The molecular weight excluding hydrogens is 351 g/mol. The Kier molecular flexibility index (Phi) is 3.84. The highest BCUT2D eigenvalue weighted by molar-refractivity contribution is 5.93. The highest BCUT2D eigenvalue weighted by atomic mass is 19.1. The smallest absolute Gasteiger partial charge is 0.224 e. The molecule has 2 aromatic carbocycles. The SMILES string of the molecule is Cc1cc(N2CC3CC2c2ccc(F)cc23)cc(C)c1NC(=O)CC1(C)CC1. The molecule has 2 fully saturated rings. The molecule has 0 spiro atoms. The van der Waals surface area contributed by atoms with Gasteiger partial charge in [-0.2, -0.15) is 0 Å². The first-order chi connectivity index (χ1) is 13.3. The molecule has 5 rings (SSSR count). The van der Waals surface area contributed by atoms with Gasteiger partial charge in [0.15, 0.2) is 0 Å². The van der Waals surface area contributed by atoms with Gasteiger partial charge in [-0.1, -0.05) is 13.0 Å². The lowest BCUT2D eigenvalue weighted by Crippen LogP contribution is -2.27. The minimum absolute atomic E-state index is 0.120. The molecule has 4 heteroatoms. The van der Waals surface area contributed by atoms with Crippen LogP contribution in [0.25, 0.3) is 0 Å². The molecule has 0 aromatic heterocycles. The number of carbonyl (C=O) groups excluding carboxylic acids is 1. The van der Waals surface area contributed by atoms with E-state index < -0.39 is 0 Å². The van der Waals surface area contributed by atoms with Gasteiger partial charge in [0.05, 0.1) is 6.04 Å². The Balaban J connectivity index is 1.39. The van der Waals surface area contributed by atoms with Crippen LogP contribution in [0.3, 0.4) is 0 Å². The van der Waals surface area contributed by atoms with E-state index in [2.05, 4.69) is 43.1 Å². The molecular formula is C24H27FN2O. The molecule has 2 aliphatic carbocycles. The molecule has 1 aliphatic heterocycles. The normalized spacial score (nSPS) is 23.6. The van der Waals surface area contributed by atoms with Crippen molar-refractivity contribution in [3.63, 3.8) is 0 Å². The summed E-state index contributed by atoms with van der Waals surface area (Å²) in [5, 5.41) is 3.15. The number of halogens is 1. The van der Waals surface area contributed by atoms with Gasteiger partial charge in [0.1, 0.15) is 5.82 Å². The van der Waals surface area contributed by atoms with Gasteiger partial charge in [0.2, 0.25) is 5.91 Å². The largest absolute Gasteiger partial charge is 0.364 e. The van der Waals surface area contributed by atoms with E-state index in [-0.39, 0.29) is 17.1 Å². The van der Waals surface area contributed by atoms with Crippen LogP contribution in [0, 0.1) is 25.1 Å². The number of hydrogen-bond donors (Lipinski definition) is 1. The monoisotopic (exact) mass is 378 g/mol. The number of anilines is 2. The van der Waals surface area contributed by atoms with E-state index in [9.17, 15) is 9.18 Å². The van der Waals surface area contributed by atoms with Crippen LogP contribution in [0.5, 0.6) is 0 Å². The molecule has 2 bridgehead atoms. The van der Waals surface area contributed by atoms with E-state index in [0.29, 0.717) is 18.4 Å². The molecule has 3 aliphatic rings. The maximum atomic E-state index is 13.6. The molecule has 1 amide bonds. The first-order valence-corrected chi connectivity index (χ1v) is 10.3. The molecule has 28 heavy (non-hydrogen) atoms. The topological polar surface area (TPSA) is 32.3 Å². The number of rotatable bonds is 4. The van der Waals surface area contributed by atoms with Gasteiger partial charge in [0, 0.05) is 30.3 Å². The second-order valence-corrected chi connectivity index (χ2v) is 9.36. The number of nitrogens with one attached hydrogen (secondary N) is 1. The average molecular weight is 378 g/mol. The van der Waals surface area contributed by atoms with Crippen LogP contribution >= 0.6 is 0 Å². The summed E-state index contributed by atoms with van der Waals surface area (Å²) in [5.41, 5.74) is 7.02. The summed E-state index contributed by atoms with van der Waals surface area (Å²) >= 11 is 0. The number of nitrogens with zero attached hydrogens (tertiary/aromatic N) is 1. The lowest BCUT2D eigenvalue weighted by Gasteiger charge is -2.32. The van der Waals surface area contributed by atoms with Gasteiger partial charge >= 0.3 is 0 Å². The molecule has 0 radical (unpaired) electrons. The fourth-order valence-electron chi connectivity index (χ4n) is 5.11. The number of benzene rings is 2. The van der Waals surface area contributed by atoms with E-state index in [0.717, 1.165) is 42.6 Å². The van der Waals surface area contributed by atoms with Crippen LogP contribution < -0.4 is 10.2 Å². The third-order valence-corrected chi connectivity index (χ3v) is 6.95. The van der Waals surface area contributed by atoms with Crippen molar-refractivity contribution in [2.45, 2.75) is 58.4 Å². The zero-order chi connectivity index (χ0) is 19.6. The first kappa shape index (κ1) is 17.7. The van der Waals surface area contributed by atoms with E-state index in [1.807, 2.05) is 6.07 Å². The highest BCUT2D eigenvalue weighted by Gasteiger charge is 2.43. The lowest BCUT2D eigenvalue weighted by atomic mass is 9.98. The van der Waals surface area contributed by atoms with Crippen molar-refractivity contribution in [1.82, 2.24) is 0 Å². The molecule has 1 saturated heterocycles. The third-order valence-electron chi connectivity index (χ3n) is 6.95. The summed E-state index contributed by atoms with van der Waals surface area (Å²) in [6.45, 7) is 7.26. The summed E-state index contributed by atoms with van der Waals surface area (Å²) in [5.74, 6) is 0.398. The van der Waals surface area contributed by atoms with Crippen molar-refractivity contribution in [2.24, 2.45) is 5.41 Å². The van der Waals surface area contributed by atoms with Crippen LogP contribution in [-0.4, -0.2) is 12.5 Å². The predicted octanol–water partition coefficient (Wildman–Crippen LogP) is 5.62. The predicted molar refractivity (Wildman–Crippen MR) is 110 cm³/mol. The first-order valence-electron chi connectivity index (χ1n) is 10.3. The summed E-state index contributed by atoms with van der Waals surface area (Å²) in [4.78, 5) is 14.9. The fraction of sp³-hybridized carbons (Fsp3) is 0.458. The molecule has 146 valence electrons. The van der Waals surface area contributed by atoms with Crippen LogP contribution in [0.1, 0.15) is 66.8 Å². The van der Waals surface area contributed by atoms with Crippen molar-refractivity contribution in [1.29, 1.82) is 0 Å². The van der Waals surface area contributed by atoms with Gasteiger partial charge in [-0.3, -0.25) is 4.79 Å². The molecule has 1 N–H and O–H groups in total. The summed E-state index contributed by atoms with van der Waals surface area (Å²) < 4.78 is 13.6. The molecule has 2 unspecified atom stereocenters. The highest BCUT2D eigenvalue weighted by Crippen LogP contribution is 2.52. The quantitative estimate of drug-likeness (QED) is 0.749. The molecule has 1 heterocycles. The Labute approximate surface area is 165 Å². The van der Waals surface area contributed by atoms with E-state index in [1.54, 1.807) is 12.1 Å². The van der Waals surface area contributed by atoms with Crippen LogP contribution in [0.15, 0.2) is 30.3 Å². The Bertz CT molecular complexity index is 956. The van der Waals surface area contributed by atoms with Gasteiger partial charge in [-0.05, 0) is 85.0 Å². The summed E-state index contributed by atoms with van der Waals surface area (Å²) in [7, 11) is 0. The summed E-state index contributed by atoms with van der Waals surface area (Å²) in [6, 6.07) is 9.94. The van der Waals surface area contributed by atoms with E-state index in [1.165, 1.54) is 16.8 Å². The Morgan fingerprint density at radius 1 is 1.18 bits per heavy atom. The Hall–Kier alpha value is -2.36. The minimum Gasteiger partial charge on any atom is -0.364 e. The third kappa shape index (κ3) is 2.90. The number of aryl methyl sites for hydroxylation is 2.